The van der Waals surface area contributed by atoms with E-state index in [0.29, 0.717) is 11.1 Å². The maximum Gasteiger partial charge on any atom is 0.249 e. The monoisotopic (exact) mass is 553 g/mol. The first kappa shape index (κ1) is 26.9. The molecule has 3 heterocycles. The number of imidazole rings is 1. The number of hydrogen-bond acceptors (Lipinski definition) is 6. The van der Waals surface area contributed by atoms with E-state index in [2.05, 4.69) is 45.1 Å². The zero-order valence-electron chi connectivity index (χ0n) is 23.4. The van der Waals surface area contributed by atoms with Gasteiger partial charge in [-0.2, -0.15) is 5.26 Å². The number of hydrogen-bond donors (Lipinski definition) is 1. The predicted molar refractivity (Wildman–Crippen MR) is 164 cm³/mol. The maximum absolute atomic E-state index is 12.5. The number of carbonyl (C=O) groups is 1. The van der Waals surface area contributed by atoms with Crippen LogP contribution in [0.3, 0.4) is 0 Å². The lowest BCUT2D eigenvalue weighted by Crippen LogP contribution is -2.46. The SMILES string of the molecule is Cc1ccc(C(N)=O)c(-c2ccc(N3CCN(Cc4ccc(-n5ccnc5)cc4)CC3)nc2)c1-c1ccc(C#N)cc1. The molecule has 42 heavy (non-hydrogen) atoms. The van der Waals surface area contributed by atoms with Crippen LogP contribution in [0.2, 0.25) is 0 Å². The molecular formula is C34H31N7O. The Labute approximate surface area is 245 Å². The second kappa shape index (κ2) is 11.7. The van der Waals surface area contributed by atoms with E-state index < -0.39 is 5.91 Å². The third-order valence-electron chi connectivity index (χ3n) is 7.86. The minimum absolute atomic E-state index is 0.446. The molecule has 5 aromatic rings. The number of rotatable bonds is 7. The second-order valence-corrected chi connectivity index (χ2v) is 10.5. The summed E-state index contributed by atoms with van der Waals surface area (Å²) in [5.74, 6) is 0.424. The summed E-state index contributed by atoms with van der Waals surface area (Å²) in [6.07, 6.45) is 7.37. The number of carbonyl (C=O) groups excluding carboxylic acids is 1. The van der Waals surface area contributed by atoms with Crippen molar-refractivity contribution in [3.05, 3.63) is 120 Å². The van der Waals surface area contributed by atoms with Gasteiger partial charge in [0.25, 0.3) is 0 Å². The Morgan fingerprint density at radius 3 is 2.26 bits per heavy atom. The minimum atomic E-state index is -0.489. The number of aromatic nitrogens is 3. The summed E-state index contributed by atoms with van der Waals surface area (Å²) in [5.41, 5.74) is 13.7. The number of nitrogens with zero attached hydrogens (tertiary/aromatic N) is 6. The normalized spacial score (nSPS) is 13.6. The molecular weight excluding hydrogens is 522 g/mol. The van der Waals surface area contributed by atoms with E-state index in [9.17, 15) is 10.1 Å². The van der Waals surface area contributed by atoms with Crippen LogP contribution in [0.1, 0.15) is 27.0 Å². The van der Waals surface area contributed by atoms with Crippen LogP contribution in [-0.2, 0) is 6.54 Å². The van der Waals surface area contributed by atoms with E-state index in [1.165, 1.54) is 5.56 Å². The van der Waals surface area contributed by atoms with Crippen molar-refractivity contribution in [2.45, 2.75) is 13.5 Å². The van der Waals surface area contributed by atoms with E-state index >= 15 is 0 Å². The minimum Gasteiger partial charge on any atom is -0.366 e. The highest BCUT2D eigenvalue weighted by Crippen LogP contribution is 2.38. The lowest BCUT2D eigenvalue weighted by atomic mass is 9.87. The summed E-state index contributed by atoms with van der Waals surface area (Å²) < 4.78 is 2.00. The molecule has 8 nitrogen and oxygen atoms in total. The number of piperazine rings is 1. The Bertz CT molecular complexity index is 1730. The molecule has 0 saturated carbocycles. The summed E-state index contributed by atoms with van der Waals surface area (Å²) in [6, 6.07) is 25.9. The molecule has 1 aliphatic heterocycles. The Hall–Kier alpha value is -5.26. The number of nitriles is 1. The van der Waals surface area contributed by atoms with Crippen LogP contribution in [0.4, 0.5) is 5.82 Å². The number of nitrogens with two attached hydrogens (primary N) is 1. The summed E-state index contributed by atoms with van der Waals surface area (Å²) in [7, 11) is 0. The fraction of sp³-hybridized carbons (Fsp3) is 0.176. The van der Waals surface area contributed by atoms with Crippen molar-refractivity contribution in [1.29, 1.82) is 5.26 Å². The molecule has 0 unspecified atom stereocenters. The molecule has 208 valence electrons. The first-order valence-electron chi connectivity index (χ1n) is 13.9. The zero-order valence-corrected chi connectivity index (χ0v) is 23.4. The van der Waals surface area contributed by atoms with E-state index in [0.717, 1.165) is 72.0 Å². The van der Waals surface area contributed by atoms with E-state index in [4.69, 9.17) is 10.7 Å². The van der Waals surface area contributed by atoms with Crippen LogP contribution in [0.25, 0.3) is 27.9 Å². The first-order valence-corrected chi connectivity index (χ1v) is 13.9. The summed E-state index contributed by atoms with van der Waals surface area (Å²) in [4.78, 5) is 26.2. The van der Waals surface area contributed by atoms with Gasteiger partial charge < -0.3 is 15.2 Å². The number of amides is 1. The van der Waals surface area contributed by atoms with Crippen molar-refractivity contribution in [2.24, 2.45) is 5.73 Å². The van der Waals surface area contributed by atoms with E-state index in [-0.39, 0.29) is 0 Å². The molecule has 0 radical (unpaired) electrons. The van der Waals surface area contributed by atoms with Crippen LogP contribution in [0.5, 0.6) is 0 Å². The van der Waals surface area contributed by atoms with E-state index in [1.807, 2.05) is 54.2 Å². The average Bonchev–Trinajstić information content (AvgIpc) is 3.57. The Morgan fingerprint density at radius 2 is 1.64 bits per heavy atom. The first-order chi connectivity index (χ1) is 20.5. The molecule has 1 fully saturated rings. The van der Waals surface area contributed by atoms with Gasteiger partial charge in [-0.05, 0) is 71.6 Å². The summed E-state index contributed by atoms with van der Waals surface area (Å²) in [6.45, 7) is 6.57. The van der Waals surface area contributed by atoms with Crippen LogP contribution < -0.4 is 10.6 Å². The highest BCUT2D eigenvalue weighted by molar-refractivity contribution is 6.04. The van der Waals surface area contributed by atoms with Crippen molar-refractivity contribution in [2.75, 3.05) is 31.1 Å². The Balaban J connectivity index is 1.17. The molecule has 1 aliphatic rings. The molecule has 3 aromatic carbocycles. The lowest BCUT2D eigenvalue weighted by Gasteiger charge is -2.35. The molecule has 2 aromatic heterocycles. The van der Waals surface area contributed by atoms with E-state index in [1.54, 1.807) is 30.7 Å². The number of pyridine rings is 1. The fourth-order valence-corrected chi connectivity index (χ4v) is 5.60. The van der Waals surface area contributed by atoms with Gasteiger partial charge in [-0.3, -0.25) is 9.69 Å². The molecule has 2 N–H and O–H groups in total. The van der Waals surface area contributed by atoms with Gasteiger partial charge in [0.1, 0.15) is 5.82 Å². The molecule has 6 rings (SSSR count). The van der Waals surface area contributed by atoms with Gasteiger partial charge in [-0.1, -0.05) is 30.3 Å². The van der Waals surface area contributed by atoms with Crippen LogP contribution in [-0.4, -0.2) is 51.5 Å². The third-order valence-corrected chi connectivity index (χ3v) is 7.86. The maximum atomic E-state index is 12.5. The smallest absolute Gasteiger partial charge is 0.249 e. The molecule has 0 spiro atoms. The number of anilines is 1. The highest BCUT2D eigenvalue weighted by atomic mass is 16.1. The van der Waals surface area contributed by atoms with Gasteiger partial charge in [0.15, 0.2) is 0 Å². The van der Waals surface area contributed by atoms with Crippen LogP contribution in [0, 0.1) is 18.3 Å². The van der Waals surface area contributed by atoms with Gasteiger partial charge >= 0.3 is 0 Å². The zero-order chi connectivity index (χ0) is 29.1. The Morgan fingerprint density at radius 1 is 0.905 bits per heavy atom. The van der Waals surface area contributed by atoms with Crippen LogP contribution in [0.15, 0.2) is 97.7 Å². The summed E-state index contributed by atoms with van der Waals surface area (Å²) in [5, 5.41) is 9.23. The second-order valence-electron chi connectivity index (χ2n) is 10.5. The van der Waals surface area contributed by atoms with Crippen molar-refractivity contribution in [3.63, 3.8) is 0 Å². The van der Waals surface area contributed by atoms with Gasteiger partial charge in [-0.25, -0.2) is 9.97 Å². The van der Waals surface area contributed by atoms with Crippen molar-refractivity contribution in [3.8, 4) is 34.0 Å². The average molecular weight is 554 g/mol. The molecule has 0 atom stereocenters. The molecule has 0 bridgehead atoms. The molecule has 1 saturated heterocycles. The Kier molecular flexibility index (Phi) is 7.50. The number of primary amides is 1. The van der Waals surface area contributed by atoms with Gasteiger partial charge in [0.05, 0.1) is 18.0 Å². The molecule has 8 heteroatoms. The van der Waals surface area contributed by atoms with Crippen molar-refractivity contribution >= 4 is 11.7 Å². The standard InChI is InChI=1S/C34H31N7O/c1-24-2-12-30(34(36)42)33(32(24)27-7-3-25(20-35)4-8-27)28-9-13-31(38-21-28)40-18-16-39(17-19-40)22-26-5-10-29(11-6-26)41-15-14-37-23-41/h2-15,21,23H,16-19,22H2,1H3,(H2,36,42). The summed E-state index contributed by atoms with van der Waals surface area (Å²) >= 11 is 0. The van der Waals surface area contributed by atoms with Gasteiger partial charge in [-0.15, -0.1) is 0 Å². The van der Waals surface area contributed by atoms with Gasteiger partial charge in [0, 0.05) is 73.7 Å². The fourth-order valence-electron chi connectivity index (χ4n) is 5.60. The van der Waals surface area contributed by atoms with Crippen LogP contribution >= 0.6 is 0 Å². The topological polar surface area (TPSA) is 104 Å². The van der Waals surface area contributed by atoms with Crippen molar-refractivity contribution < 1.29 is 4.79 Å². The third kappa shape index (κ3) is 5.51. The number of benzene rings is 3. The lowest BCUT2D eigenvalue weighted by molar-refractivity contribution is 0.100. The predicted octanol–water partition coefficient (Wildman–Crippen LogP) is 5.20. The van der Waals surface area contributed by atoms with Crippen molar-refractivity contribution in [1.82, 2.24) is 19.4 Å². The molecule has 1 amide bonds. The molecule has 0 aliphatic carbocycles. The largest absolute Gasteiger partial charge is 0.366 e. The highest BCUT2D eigenvalue weighted by Gasteiger charge is 2.21. The number of aryl methyl sites for hydroxylation is 1. The quantitative estimate of drug-likeness (QED) is 0.297. The van der Waals surface area contributed by atoms with Gasteiger partial charge in [0.2, 0.25) is 5.91 Å².